The van der Waals surface area contributed by atoms with Crippen molar-refractivity contribution < 1.29 is 18.3 Å². The van der Waals surface area contributed by atoms with Crippen molar-refractivity contribution in [1.82, 2.24) is 19.4 Å². The number of pyridine rings is 1. The van der Waals surface area contributed by atoms with E-state index in [1.54, 1.807) is 6.20 Å². The lowest BCUT2D eigenvalue weighted by Gasteiger charge is -2.74. The van der Waals surface area contributed by atoms with Crippen LogP contribution in [0, 0.1) is 5.92 Å². The quantitative estimate of drug-likeness (QED) is 0.726. The lowest BCUT2D eigenvalue weighted by Crippen LogP contribution is -2.79. The van der Waals surface area contributed by atoms with Crippen LogP contribution < -0.4 is 10.5 Å². The molecule has 2 aromatic rings. The fourth-order valence-electron chi connectivity index (χ4n) is 5.79. The van der Waals surface area contributed by atoms with E-state index in [9.17, 15) is 8.78 Å². The van der Waals surface area contributed by atoms with Gasteiger partial charge < -0.3 is 19.8 Å². The van der Waals surface area contributed by atoms with Crippen molar-refractivity contribution in [2.24, 2.45) is 5.92 Å². The fourth-order valence-corrected chi connectivity index (χ4v) is 5.79. The molecule has 0 aromatic carbocycles. The molecule has 9 heteroatoms. The average molecular weight is 431 g/mol. The van der Waals surface area contributed by atoms with Gasteiger partial charge in [-0.25, -0.2) is 9.97 Å². The number of alkyl halides is 2. The predicted molar refractivity (Wildman–Crippen MR) is 110 cm³/mol. The van der Waals surface area contributed by atoms with Crippen LogP contribution in [-0.4, -0.2) is 57.9 Å². The molecule has 2 aromatic heterocycles. The molecule has 166 valence electrons. The van der Waals surface area contributed by atoms with E-state index in [1.165, 1.54) is 18.9 Å². The summed E-state index contributed by atoms with van der Waals surface area (Å²) in [4.78, 5) is 11.6. The molecule has 0 amide bonds. The SMILES string of the molecule is Nc1ncc(-c2cn(C34CC(N5CCOCC5)(C3)C4)c(CC3CC3)n2)cc1OC(F)F. The van der Waals surface area contributed by atoms with E-state index in [4.69, 9.17) is 15.5 Å². The Morgan fingerprint density at radius 1 is 1.19 bits per heavy atom. The van der Waals surface area contributed by atoms with Crippen molar-refractivity contribution in [3.63, 3.8) is 0 Å². The maximum absolute atomic E-state index is 12.7. The van der Waals surface area contributed by atoms with Crippen molar-refractivity contribution >= 4 is 5.82 Å². The molecule has 0 atom stereocenters. The molecular weight excluding hydrogens is 404 g/mol. The zero-order chi connectivity index (χ0) is 21.2. The van der Waals surface area contributed by atoms with Gasteiger partial charge >= 0.3 is 6.61 Å². The van der Waals surface area contributed by atoms with E-state index in [2.05, 4.69) is 25.4 Å². The number of aromatic nitrogens is 3. The second-order valence-corrected chi connectivity index (χ2v) is 9.62. The summed E-state index contributed by atoms with van der Waals surface area (Å²) in [6.07, 6.45) is 10.6. The molecule has 31 heavy (non-hydrogen) atoms. The number of nitrogens with zero attached hydrogens (tertiary/aromatic N) is 4. The third-order valence-corrected chi connectivity index (χ3v) is 7.51. The minimum absolute atomic E-state index is 0.0476. The fraction of sp³-hybridized carbons (Fsp3) is 0.636. The summed E-state index contributed by atoms with van der Waals surface area (Å²) >= 11 is 0. The standard InChI is InChI=1S/C22H27F2N5O2/c23-20(24)31-17-8-15(9-26-19(17)25)16-10-29(18(27-16)7-14-1-2-14)22-11-21(12-22,13-22)28-3-5-30-6-4-28/h8-10,14,20H,1-7,11-13H2,(H2,25,26). The van der Waals surface area contributed by atoms with Gasteiger partial charge in [0.15, 0.2) is 11.6 Å². The Bertz CT molecular complexity index is 980. The molecule has 3 heterocycles. The highest BCUT2D eigenvalue weighted by Crippen LogP contribution is 2.68. The maximum Gasteiger partial charge on any atom is 0.387 e. The summed E-state index contributed by atoms with van der Waals surface area (Å²) in [5.74, 6) is 1.65. The summed E-state index contributed by atoms with van der Waals surface area (Å²) in [7, 11) is 0. The Kier molecular flexibility index (Phi) is 4.30. The molecule has 7 rings (SSSR count). The van der Waals surface area contributed by atoms with Gasteiger partial charge in [-0.3, -0.25) is 4.90 Å². The number of ether oxygens (including phenoxy) is 2. The molecule has 0 spiro atoms. The molecule has 7 nitrogen and oxygen atoms in total. The van der Waals surface area contributed by atoms with Gasteiger partial charge in [0, 0.05) is 43.0 Å². The Hall–Kier alpha value is -2.26. The lowest BCUT2D eigenvalue weighted by molar-refractivity contribution is -0.221. The lowest BCUT2D eigenvalue weighted by atomic mass is 9.43. The molecule has 1 aliphatic heterocycles. The van der Waals surface area contributed by atoms with Crippen LogP contribution in [0.1, 0.15) is 37.9 Å². The first-order valence-electron chi connectivity index (χ1n) is 11.1. The zero-order valence-electron chi connectivity index (χ0n) is 17.4. The number of anilines is 1. The van der Waals surface area contributed by atoms with Gasteiger partial charge in [-0.2, -0.15) is 8.78 Å². The van der Waals surface area contributed by atoms with Gasteiger partial charge in [0.05, 0.1) is 24.4 Å². The van der Waals surface area contributed by atoms with Gasteiger partial charge in [0.25, 0.3) is 0 Å². The van der Waals surface area contributed by atoms with Crippen LogP contribution in [0.4, 0.5) is 14.6 Å². The number of rotatable bonds is 7. The number of hydrogen-bond acceptors (Lipinski definition) is 6. The van der Waals surface area contributed by atoms with Crippen LogP contribution in [0.5, 0.6) is 5.75 Å². The van der Waals surface area contributed by atoms with Crippen molar-refractivity contribution in [2.75, 3.05) is 32.0 Å². The maximum atomic E-state index is 12.7. The van der Waals surface area contributed by atoms with Gasteiger partial charge in [-0.05, 0) is 44.1 Å². The molecule has 5 aliphatic rings. The normalized spacial score (nSPS) is 30.2. The molecule has 5 fully saturated rings. The van der Waals surface area contributed by atoms with Crippen LogP contribution in [0.15, 0.2) is 18.5 Å². The van der Waals surface area contributed by atoms with Crippen molar-refractivity contribution in [3.8, 4) is 17.0 Å². The van der Waals surface area contributed by atoms with E-state index < -0.39 is 6.61 Å². The molecule has 2 N–H and O–H groups in total. The summed E-state index contributed by atoms with van der Waals surface area (Å²) in [5.41, 5.74) is 7.56. The first kappa shape index (κ1) is 19.4. The van der Waals surface area contributed by atoms with Crippen molar-refractivity contribution in [2.45, 2.75) is 56.2 Å². The first-order valence-corrected chi connectivity index (χ1v) is 11.1. The van der Waals surface area contributed by atoms with Crippen LogP contribution in [0.2, 0.25) is 0 Å². The highest BCUT2D eigenvalue weighted by Gasteiger charge is 2.71. The van der Waals surface area contributed by atoms with Gasteiger partial charge in [-0.1, -0.05) is 0 Å². The Morgan fingerprint density at radius 2 is 1.94 bits per heavy atom. The molecule has 0 radical (unpaired) electrons. The monoisotopic (exact) mass is 431 g/mol. The van der Waals surface area contributed by atoms with Gasteiger partial charge in [0.2, 0.25) is 0 Å². The number of imidazole rings is 1. The minimum Gasteiger partial charge on any atom is -0.431 e. The van der Waals surface area contributed by atoms with Gasteiger partial charge in [-0.15, -0.1) is 0 Å². The first-order chi connectivity index (χ1) is 15.0. The predicted octanol–water partition coefficient (Wildman–Crippen LogP) is 3.05. The summed E-state index contributed by atoms with van der Waals surface area (Å²) in [5, 5.41) is 0. The molecule has 4 saturated carbocycles. The van der Waals surface area contributed by atoms with Crippen LogP contribution in [-0.2, 0) is 16.7 Å². The smallest absolute Gasteiger partial charge is 0.387 e. The highest BCUT2D eigenvalue weighted by molar-refractivity contribution is 5.64. The van der Waals surface area contributed by atoms with Crippen LogP contribution in [0.25, 0.3) is 11.3 Å². The van der Waals surface area contributed by atoms with Crippen molar-refractivity contribution in [3.05, 3.63) is 24.3 Å². The third-order valence-electron chi connectivity index (χ3n) is 7.51. The van der Waals surface area contributed by atoms with E-state index in [-0.39, 0.29) is 17.1 Å². The summed E-state index contributed by atoms with van der Waals surface area (Å²) in [6, 6.07) is 1.51. The second-order valence-electron chi connectivity index (χ2n) is 9.62. The third kappa shape index (κ3) is 3.20. The van der Waals surface area contributed by atoms with E-state index in [1.807, 2.05) is 0 Å². The molecule has 1 saturated heterocycles. The Balaban J connectivity index is 1.28. The highest BCUT2D eigenvalue weighted by atomic mass is 19.3. The number of nitrogens with two attached hydrogens (primary N) is 1. The van der Waals surface area contributed by atoms with Crippen LogP contribution >= 0.6 is 0 Å². The number of hydrogen-bond donors (Lipinski definition) is 1. The van der Waals surface area contributed by atoms with E-state index >= 15 is 0 Å². The summed E-state index contributed by atoms with van der Waals surface area (Å²) < 4.78 is 37.9. The van der Waals surface area contributed by atoms with Crippen molar-refractivity contribution in [1.29, 1.82) is 0 Å². The topological polar surface area (TPSA) is 78.4 Å². The minimum atomic E-state index is -2.94. The van der Waals surface area contributed by atoms with Crippen LogP contribution in [0.3, 0.4) is 0 Å². The zero-order valence-corrected chi connectivity index (χ0v) is 17.4. The van der Waals surface area contributed by atoms with E-state index in [0.29, 0.717) is 17.0 Å². The number of nitrogen functional groups attached to an aromatic ring is 1. The molecular formula is C22H27F2N5O2. The number of morpholine rings is 1. The average Bonchev–Trinajstić information content (AvgIpc) is 3.41. The molecule has 2 bridgehead atoms. The van der Waals surface area contributed by atoms with E-state index in [0.717, 1.165) is 63.5 Å². The number of halogens is 2. The van der Waals surface area contributed by atoms with Gasteiger partial charge in [0.1, 0.15) is 5.82 Å². The summed E-state index contributed by atoms with van der Waals surface area (Å²) in [6.45, 7) is 0.738. The molecule has 4 aliphatic carbocycles. The molecule has 0 unspecified atom stereocenters. The largest absolute Gasteiger partial charge is 0.431 e. The Labute approximate surface area is 179 Å². The second kappa shape index (κ2) is 6.87. The Morgan fingerprint density at radius 3 is 2.61 bits per heavy atom.